The topological polar surface area (TPSA) is 33.1 Å². The van der Waals surface area contributed by atoms with Gasteiger partial charge in [0.2, 0.25) is 0 Å². The minimum Gasteiger partial charge on any atom is -0.352 e. The summed E-state index contributed by atoms with van der Waals surface area (Å²) in [5.74, 6) is 0. The van der Waals surface area contributed by atoms with E-state index in [1.807, 2.05) is 24.4 Å². The van der Waals surface area contributed by atoms with Crippen LogP contribution in [0.3, 0.4) is 0 Å². The summed E-state index contributed by atoms with van der Waals surface area (Å²) in [4.78, 5) is 6.92. The molecule has 1 aliphatic heterocycles. The van der Waals surface area contributed by atoms with Gasteiger partial charge in [0.05, 0.1) is 17.8 Å². The SMILES string of the molecule is S=C1NC(c2ccccn2)C(c2cccn2-c2ccc(Br)cc2)N1Cc1ccccc1. The van der Waals surface area contributed by atoms with Crippen LogP contribution in [0.2, 0.25) is 0 Å². The third kappa shape index (κ3) is 4.01. The van der Waals surface area contributed by atoms with Gasteiger partial charge in [-0.2, -0.15) is 0 Å². The third-order valence-corrected chi connectivity index (χ3v) is 6.46. The summed E-state index contributed by atoms with van der Waals surface area (Å²) in [5.41, 5.74) is 4.48. The zero-order valence-electron chi connectivity index (χ0n) is 16.7. The van der Waals surface area contributed by atoms with Gasteiger partial charge in [0.25, 0.3) is 0 Å². The Balaban J connectivity index is 1.60. The van der Waals surface area contributed by atoms with Crippen molar-refractivity contribution in [3.63, 3.8) is 0 Å². The number of hydrogen-bond donors (Lipinski definition) is 1. The van der Waals surface area contributed by atoms with E-state index in [1.165, 1.54) is 11.3 Å². The van der Waals surface area contributed by atoms with Crippen molar-refractivity contribution in [2.75, 3.05) is 0 Å². The van der Waals surface area contributed by atoms with Gasteiger partial charge in [-0.05, 0) is 66.3 Å². The second kappa shape index (κ2) is 8.65. The molecule has 0 spiro atoms. The van der Waals surface area contributed by atoms with Gasteiger partial charge in [-0.25, -0.2) is 0 Å². The van der Waals surface area contributed by atoms with Crippen LogP contribution in [-0.4, -0.2) is 19.6 Å². The van der Waals surface area contributed by atoms with E-state index in [0.717, 1.165) is 27.5 Å². The second-order valence-electron chi connectivity index (χ2n) is 7.52. The van der Waals surface area contributed by atoms with E-state index in [4.69, 9.17) is 12.2 Å². The molecule has 2 atom stereocenters. The molecule has 4 aromatic rings. The van der Waals surface area contributed by atoms with Crippen molar-refractivity contribution in [1.82, 2.24) is 19.8 Å². The molecular formula is C25H21BrN4S. The van der Waals surface area contributed by atoms with Crippen molar-refractivity contribution in [2.24, 2.45) is 0 Å². The zero-order chi connectivity index (χ0) is 21.2. The van der Waals surface area contributed by atoms with E-state index >= 15 is 0 Å². The molecule has 1 aliphatic rings. The minimum absolute atomic E-state index is 0.00116. The fourth-order valence-electron chi connectivity index (χ4n) is 4.15. The van der Waals surface area contributed by atoms with Crippen LogP contribution in [0.5, 0.6) is 0 Å². The van der Waals surface area contributed by atoms with E-state index in [9.17, 15) is 0 Å². The Labute approximate surface area is 195 Å². The molecule has 5 rings (SSSR count). The normalized spacial score (nSPS) is 18.2. The number of hydrogen-bond acceptors (Lipinski definition) is 2. The van der Waals surface area contributed by atoms with Crippen LogP contribution in [-0.2, 0) is 6.54 Å². The van der Waals surface area contributed by atoms with E-state index < -0.39 is 0 Å². The molecule has 1 saturated heterocycles. The van der Waals surface area contributed by atoms with Gasteiger partial charge >= 0.3 is 0 Å². The summed E-state index contributed by atoms with van der Waals surface area (Å²) in [5, 5.41) is 4.28. The molecule has 2 aromatic carbocycles. The maximum atomic E-state index is 5.82. The molecule has 154 valence electrons. The van der Waals surface area contributed by atoms with Crippen molar-refractivity contribution in [3.05, 3.63) is 119 Å². The number of halogens is 1. The van der Waals surface area contributed by atoms with Gasteiger partial charge in [-0.1, -0.05) is 52.3 Å². The third-order valence-electron chi connectivity index (χ3n) is 5.58. The van der Waals surface area contributed by atoms with Crippen LogP contribution in [0.1, 0.15) is 29.0 Å². The average Bonchev–Trinajstić information content (AvgIpc) is 3.40. The van der Waals surface area contributed by atoms with Crippen LogP contribution in [0.4, 0.5) is 0 Å². The maximum absolute atomic E-state index is 5.82. The monoisotopic (exact) mass is 488 g/mol. The summed E-state index contributed by atoms with van der Waals surface area (Å²) >= 11 is 9.35. The van der Waals surface area contributed by atoms with Gasteiger partial charge in [0, 0.05) is 34.8 Å². The number of benzene rings is 2. The Morgan fingerprint density at radius 3 is 2.42 bits per heavy atom. The number of rotatable bonds is 5. The lowest BCUT2D eigenvalue weighted by atomic mass is 10.0. The Hall–Kier alpha value is -2.96. The van der Waals surface area contributed by atoms with Gasteiger partial charge in [-0.3, -0.25) is 4.98 Å². The highest BCUT2D eigenvalue weighted by Crippen LogP contribution is 2.40. The Kier molecular flexibility index (Phi) is 5.57. The van der Waals surface area contributed by atoms with Crippen molar-refractivity contribution in [1.29, 1.82) is 0 Å². The average molecular weight is 489 g/mol. The fourth-order valence-corrected chi connectivity index (χ4v) is 4.72. The molecule has 31 heavy (non-hydrogen) atoms. The van der Waals surface area contributed by atoms with Crippen molar-refractivity contribution in [2.45, 2.75) is 18.6 Å². The molecule has 0 bridgehead atoms. The maximum Gasteiger partial charge on any atom is 0.170 e. The predicted molar refractivity (Wildman–Crippen MR) is 131 cm³/mol. The second-order valence-corrected chi connectivity index (χ2v) is 8.82. The highest BCUT2D eigenvalue weighted by molar-refractivity contribution is 9.10. The molecule has 0 amide bonds. The first kappa shape index (κ1) is 20.0. The highest BCUT2D eigenvalue weighted by atomic mass is 79.9. The first-order chi connectivity index (χ1) is 15.2. The summed E-state index contributed by atoms with van der Waals surface area (Å²) in [6, 6.07) is 29.1. The number of thiocarbonyl (C=S) groups is 1. The summed E-state index contributed by atoms with van der Waals surface area (Å²) in [7, 11) is 0. The summed E-state index contributed by atoms with van der Waals surface area (Å²) < 4.78 is 3.30. The van der Waals surface area contributed by atoms with Gasteiger partial charge in [0.1, 0.15) is 0 Å². The molecule has 1 fully saturated rings. The highest BCUT2D eigenvalue weighted by Gasteiger charge is 2.41. The van der Waals surface area contributed by atoms with Gasteiger partial charge in [-0.15, -0.1) is 0 Å². The van der Waals surface area contributed by atoms with Crippen molar-refractivity contribution in [3.8, 4) is 5.69 Å². The molecule has 1 N–H and O–H groups in total. The zero-order valence-corrected chi connectivity index (χ0v) is 19.1. The molecule has 3 heterocycles. The molecule has 4 nitrogen and oxygen atoms in total. The van der Waals surface area contributed by atoms with Gasteiger partial charge in [0.15, 0.2) is 5.11 Å². The van der Waals surface area contributed by atoms with Crippen LogP contribution in [0, 0.1) is 0 Å². The molecule has 0 aliphatic carbocycles. The smallest absolute Gasteiger partial charge is 0.170 e. The summed E-state index contributed by atoms with van der Waals surface area (Å²) in [6.07, 6.45) is 3.95. The fraction of sp³-hybridized carbons (Fsp3) is 0.120. The van der Waals surface area contributed by atoms with Crippen LogP contribution >= 0.6 is 28.1 Å². The first-order valence-corrected chi connectivity index (χ1v) is 11.4. The quantitative estimate of drug-likeness (QED) is 0.359. The van der Waals surface area contributed by atoms with Crippen molar-refractivity contribution >= 4 is 33.3 Å². The Bertz CT molecular complexity index is 1180. The summed E-state index contributed by atoms with van der Waals surface area (Å²) in [6.45, 7) is 0.728. The van der Waals surface area contributed by atoms with Gasteiger partial charge < -0.3 is 14.8 Å². The van der Waals surface area contributed by atoms with Crippen LogP contribution in [0.15, 0.2) is 102 Å². The van der Waals surface area contributed by atoms with E-state index in [1.54, 1.807) is 0 Å². The first-order valence-electron chi connectivity index (χ1n) is 10.2. The van der Waals surface area contributed by atoms with E-state index in [0.29, 0.717) is 0 Å². The number of nitrogens with one attached hydrogen (secondary N) is 1. The van der Waals surface area contributed by atoms with E-state index in [2.05, 4.69) is 109 Å². The lowest BCUT2D eigenvalue weighted by molar-refractivity contribution is 0.302. The van der Waals surface area contributed by atoms with Crippen LogP contribution < -0.4 is 5.32 Å². The predicted octanol–water partition coefficient (Wildman–Crippen LogP) is 5.81. The number of pyridine rings is 1. The molecule has 6 heteroatoms. The lowest BCUT2D eigenvalue weighted by Gasteiger charge is -2.29. The lowest BCUT2D eigenvalue weighted by Crippen LogP contribution is -2.30. The van der Waals surface area contributed by atoms with E-state index in [-0.39, 0.29) is 12.1 Å². The largest absolute Gasteiger partial charge is 0.352 e. The minimum atomic E-state index is -0.0403. The molecular weight excluding hydrogens is 468 g/mol. The standard InChI is InChI=1S/C25H21BrN4S/c26-19-11-13-20(14-12-19)29-16-6-10-22(29)24-23(21-9-4-5-15-27-21)28-25(31)30(24)17-18-7-2-1-3-8-18/h1-16,23-24H,17H2,(H,28,31). The molecule has 0 radical (unpaired) electrons. The molecule has 2 aromatic heterocycles. The number of nitrogens with zero attached hydrogens (tertiary/aromatic N) is 3. The molecule has 2 unspecified atom stereocenters. The van der Waals surface area contributed by atoms with Crippen molar-refractivity contribution < 1.29 is 0 Å². The van der Waals surface area contributed by atoms with Crippen LogP contribution in [0.25, 0.3) is 5.69 Å². The Morgan fingerprint density at radius 1 is 0.903 bits per heavy atom. The molecule has 0 saturated carbocycles. The Morgan fingerprint density at radius 2 is 1.68 bits per heavy atom. The number of aromatic nitrogens is 2.